The Kier molecular flexibility index (Phi) is 8.53. The standard InChI is InChI=1S/C52H31N3S.C3H8/c1-2-13-36-30-47-45(29-35(36)12-1)43-20-10-19-40(37-27-28-42-41-16-6-8-22-48(41)56-49(42)31-37)51(43)55(47)52-53-46-21-7-5-17-44(46)50(54-52)34-25-23-33(24-26-34)39-18-9-14-32-11-3-4-15-38(32)39;1-3-2/h1-31H;3H2,1-2H3. The highest BCUT2D eigenvalue weighted by atomic mass is 32.1. The van der Waals surface area contributed by atoms with Crippen LogP contribution < -0.4 is 0 Å². The van der Waals surface area contributed by atoms with E-state index in [0.29, 0.717) is 5.95 Å². The highest BCUT2D eigenvalue weighted by molar-refractivity contribution is 7.25. The van der Waals surface area contributed by atoms with Gasteiger partial charge in [0, 0.05) is 47.5 Å². The second kappa shape index (κ2) is 14.4. The number of aromatic nitrogens is 3. The van der Waals surface area contributed by atoms with Crippen LogP contribution in [0.3, 0.4) is 0 Å². The summed E-state index contributed by atoms with van der Waals surface area (Å²) in [5.74, 6) is 0.655. The van der Waals surface area contributed by atoms with Crippen molar-refractivity contribution in [2.45, 2.75) is 20.3 Å². The zero-order chi connectivity index (χ0) is 39.5. The molecule has 0 aliphatic carbocycles. The first kappa shape index (κ1) is 35.1. The van der Waals surface area contributed by atoms with Gasteiger partial charge in [0.15, 0.2) is 0 Å². The van der Waals surface area contributed by atoms with E-state index in [-0.39, 0.29) is 0 Å². The average Bonchev–Trinajstić information content (AvgIpc) is 3.83. The highest BCUT2D eigenvalue weighted by Crippen LogP contribution is 2.42. The van der Waals surface area contributed by atoms with Gasteiger partial charge in [-0.2, -0.15) is 0 Å². The van der Waals surface area contributed by atoms with Gasteiger partial charge in [-0.1, -0.05) is 178 Å². The summed E-state index contributed by atoms with van der Waals surface area (Å²) in [6, 6.07) is 67.9. The van der Waals surface area contributed by atoms with Gasteiger partial charge in [-0.15, -0.1) is 11.3 Å². The molecule has 0 amide bonds. The van der Waals surface area contributed by atoms with Gasteiger partial charge >= 0.3 is 0 Å². The van der Waals surface area contributed by atoms with Crippen molar-refractivity contribution in [1.29, 1.82) is 0 Å². The Morgan fingerprint density at radius 2 is 1.02 bits per heavy atom. The lowest BCUT2D eigenvalue weighted by atomic mass is 9.96. The van der Waals surface area contributed by atoms with Gasteiger partial charge in [0.05, 0.1) is 22.2 Å². The van der Waals surface area contributed by atoms with E-state index in [0.717, 1.165) is 38.8 Å². The molecule has 3 nitrogen and oxygen atoms in total. The number of para-hydroxylation sites is 2. The molecule has 12 rings (SSSR count). The minimum atomic E-state index is 0.655. The van der Waals surface area contributed by atoms with Gasteiger partial charge in [-0.3, -0.25) is 4.57 Å². The molecule has 3 aromatic heterocycles. The van der Waals surface area contributed by atoms with E-state index < -0.39 is 0 Å². The molecular formula is C55H39N3S. The van der Waals surface area contributed by atoms with Crippen molar-refractivity contribution in [3.63, 3.8) is 0 Å². The van der Waals surface area contributed by atoms with E-state index in [2.05, 4.69) is 206 Å². The molecule has 0 atom stereocenters. The molecule has 4 heteroatoms. The minimum absolute atomic E-state index is 0.655. The topological polar surface area (TPSA) is 30.7 Å². The number of hydrogen-bond donors (Lipinski definition) is 0. The lowest BCUT2D eigenvalue weighted by Gasteiger charge is -2.14. The van der Waals surface area contributed by atoms with Gasteiger partial charge < -0.3 is 0 Å². The summed E-state index contributed by atoms with van der Waals surface area (Å²) in [6.07, 6.45) is 1.25. The van der Waals surface area contributed by atoms with Crippen molar-refractivity contribution >= 4 is 85.8 Å². The van der Waals surface area contributed by atoms with Gasteiger partial charge in [0.2, 0.25) is 5.95 Å². The maximum absolute atomic E-state index is 5.51. The van der Waals surface area contributed by atoms with Crippen LogP contribution in [0.4, 0.5) is 0 Å². The lowest BCUT2D eigenvalue weighted by Crippen LogP contribution is -2.04. The maximum Gasteiger partial charge on any atom is 0.235 e. The predicted octanol–water partition coefficient (Wildman–Crippen LogP) is 15.8. The number of hydrogen-bond acceptors (Lipinski definition) is 3. The van der Waals surface area contributed by atoms with Crippen LogP contribution in [0.25, 0.3) is 114 Å². The molecule has 0 N–H and O–H groups in total. The van der Waals surface area contributed by atoms with Crippen LogP contribution in [-0.2, 0) is 0 Å². The van der Waals surface area contributed by atoms with Crippen LogP contribution >= 0.6 is 11.3 Å². The van der Waals surface area contributed by atoms with Crippen LogP contribution in [0.5, 0.6) is 0 Å². The highest BCUT2D eigenvalue weighted by Gasteiger charge is 2.21. The number of benzene rings is 9. The molecule has 0 fully saturated rings. The lowest BCUT2D eigenvalue weighted by molar-refractivity contribution is 1.01. The van der Waals surface area contributed by atoms with Crippen molar-refractivity contribution in [3.8, 4) is 39.5 Å². The summed E-state index contributed by atoms with van der Waals surface area (Å²) in [7, 11) is 0. The molecule has 0 bridgehead atoms. The normalized spacial score (nSPS) is 11.6. The maximum atomic E-state index is 5.51. The molecule has 0 spiro atoms. The summed E-state index contributed by atoms with van der Waals surface area (Å²) < 4.78 is 4.90. The molecular weight excluding hydrogens is 735 g/mol. The molecule has 0 radical (unpaired) electrons. The molecule has 0 unspecified atom stereocenters. The fourth-order valence-electron chi connectivity index (χ4n) is 8.75. The molecule has 0 saturated carbocycles. The Hall–Kier alpha value is -7.14. The second-order valence-corrected chi connectivity index (χ2v) is 16.3. The third-order valence-electron chi connectivity index (χ3n) is 11.4. The Balaban J connectivity index is 0.00000129. The molecule has 0 aliphatic heterocycles. The van der Waals surface area contributed by atoms with Gasteiger partial charge in [-0.25, -0.2) is 9.97 Å². The molecule has 9 aromatic carbocycles. The van der Waals surface area contributed by atoms with E-state index in [1.54, 1.807) is 0 Å². The number of fused-ring (bicyclic) bond motifs is 9. The van der Waals surface area contributed by atoms with Gasteiger partial charge in [0.1, 0.15) is 0 Å². The molecule has 12 aromatic rings. The van der Waals surface area contributed by atoms with Crippen molar-refractivity contribution in [3.05, 3.63) is 188 Å². The molecule has 3 heterocycles. The first-order valence-electron chi connectivity index (χ1n) is 20.4. The van der Waals surface area contributed by atoms with E-state index in [1.807, 2.05) is 11.3 Å². The monoisotopic (exact) mass is 773 g/mol. The van der Waals surface area contributed by atoms with E-state index >= 15 is 0 Å². The van der Waals surface area contributed by atoms with Gasteiger partial charge in [0.25, 0.3) is 0 Å². The first-order chi connectivity index (χ1) is 29.2. The van der Waals surface area contributed by atoms with Crippen molar-refractivity contribution in [2.24, 2.45) is 0 Å². The molecule has 59 heavy (non-hydrogen) atoms. The molecule has 0 saturated heterocycles. The largest absolute Gasteiger partial charge is 0.277 e. The summed E-state index contributed by atoms with van der Waals surface area (Å²) >= 11 is 1.85. The van der Waals surface area contributed by atoms with Gasteiger partial charge in [-0.05, 0) is 68.6 Å². The number of thiophene rings is 1. The average molecular weight is 774 g/mol. The summed E-state index contributed by atoms with van der Waals surface area (Å²) in [4.78, 5) is 10.9. The fourth-order valence-corrected chi connectivity index (χ4v) is 9.90. The smallest absolute Gasteiger partial charge is 0.235 e. The summed E-state index contributed by atoms with van der Waals surface area (Å²) in [5, 5.41) is 10.9. The third kappa shape index (κ3) is 5.87. The van der Waals surface area contributed by atoms with Crippen LogP contribution in [0, 0.1) is 0 Å². The summed E-state index contributed by atoms with van der Waals surface area (Å²) in [6.45, 7) is 4.25. The SMILES string of the molecule is CCC.c1ccc2cc3c(cc2c1)c1cccc(-c2ccc4c(c2)sc2ccccc24)c1n3-c1nc(-c2ccc(-c3cccc4ccccc34)cc2)c2ccccc2n1. The second-order valence-electron chi connectivity index (χ2n) is 15.3. The Bertz CT molecular complexity index is 3550. The van der Waals surface area contributed by atoms with E-state index in [1.165, 1.54) is 75.6 Å². The Morgan fingerprint density at radius 3 is 1.85 bits per heavy atom. The Morgan fingerprint density at radius 1 is 0.424 bits per heavy atom. The van der Waals surface area contributed by atoms with Crippen molar-refractivity contribution in [1.82, 2.24) is 14.5 Å². The van der Waals surface area contributed by atoms with Crippen LogP contribution in [0.15, 0.2) is 188 Å². The van der Waals surface area contributed by atoms with Crippen LogP contribution in [0.2, 0.25) is 0 Å². The number of nitrogens with zero attached hydrogens (tertiary/aromatic N) is 3. The number of rotatable bonds is 4. The van der Waals surface area contributed by atoms with Crippen molar-refractivity contribution in [2.75, 3.05) is 0 Å². The first-order valence-corrected chi connectivity index (χ1v) is 21.2. The van der Waals surface area contributed by atoms with Crippen LogP contribution in [-0.4, -0.2) is 14.5 Å². The van der Waals surface area contributed by atoms with Crippen molar-refractivity contribution < 1.29 is 0 Å². The zero-order valence-electron chi connectivity index (χ0n) is 32.9. The quantitative estimate of drug-likeness (QED) is 0.178. The Labute approximate surface area is 346 Å². The third-order valence-corrected chi connectivity index (χ3v) is 12.5. The fraction of sp³-hybridized carbons (Fsp3) is 0.0545. The minimum Gasteiger partial charge on any atom is -0.277 e. The summed E-state index contributed by atoms with van der Waals surface area (Å²) in [5.41, 5.74) is 9.79. The van der Waals surface area contributed by atoms with E-state index in [9.17, 15) is 0 Å². The van der Waals surface area contributed by atoms with Crippen LogP contribution in [0.1, 0.15) is 20.3 Å². The zero-order valence-corrected chi connectivity index (χ0v) is 33.7. The predicted molar refractivity (Wildman–Crippen MR) is 254 cm³/mol. The van der Waals surface area contributed by atoms with E-state index in [4.69, 9.17) is 9.97 Å². The molecule has 0 aliphatic rings. The molecule has 280 valence electrons.